The zero-order valence-corrected chi connectivity index (χ0v) is 13.8. The lowest BCUT2D eigenvalue weighted by Gasteiger charge is -2.32. The number of piperidine rings is 1. The molecular formula is C16H18N8O. The third-order valence-corrected chi connectivity index (χ3v) is 4.47. The molecule has 1 amide bonds. The Hall–Kier alpha value is -3.10. The largest absolute Gasteiger partial charge is 0.356 e. The van der Waals surface area contributed by atoms with E-state index in [9.17, 15) is 4.79 Å². The summed E-state index contributed by atoms with van der Waals surface area (Å²) in [6.45, 7) is 1.52. The number of hydrogen-bond acceptors (Lipinski definition) is 7. The molecule has 0 saturated carbocycles. The van der Waals surface area contributed by atoms with Crippen molar-refractivity contribution >= 4 is 28.7 Å². The van der Waals surface area contributed by atoms with E-state index in [2.05, 4.69) is 35.3 Å². The fourth-order valence-corrected chi connectivity index (χ4v) is 3.13. The van der Waals surface area contributed by atoms with E-state index in [0.29, 0.717) is 5.95 Å². The van der Waals surface area contributed by atoms with Gasteiger partial charge in [-0.1, -0.05) is 0 Å². The van der Waals surface area contributed by atoms with Crippen LogP contribution >= 0.6 is 0 Å². The minimum atomic E-state index is -0.0497. The van der Waals surface area contributed by atoms with Gasteiger partial charge in [0.05, 0.1) is 11.6 Å². The lowest BCUT2D eigenvalue weighted by atomic mass is 9.96. The molecule has 1 fully saturated rings. The first kappa shape index (κ1) is 15.4. The van der Waals surface area contributed by atoms with Crippen molar-refractivity contribution in [1.82, 2.24) is 29.7 Å². The Morgan fingerprint density at radius 3 is 2.68 bits per heavy atom. The SMILES string of the molecule is Cn1ncc2c(N3CCC(C(=O)Nc4ncccn4)CC3)ncnc21. The van der Waals surface area contributed by atoms with E-state index in [0.717, 1.165) is 42.8 Å². The number of aromatic nitrogens is 6. The van der Waals surface area contributed by atoms with Crippen molar-refractivity contribution in [3.63, 3.8) is 0 Å². The summed E-state index contributed by atoms with van der Waals surface area (Å²) < 4.78 is 1.74. The van der Waals surface area contributed by atoms with E-state index in [1.54, 1.807) is 35.7 Å². The molecule has 0 bridgehead atoms. The number of rotatable bonds is 3. The van der Waals surface area contributed by atoms with Crippen molar-refractivity contribution in [2.45, 2.75) is 12.8 Å². The van der Waals surface area contributed by atoms with Crippen LogP contribution in [0.15, 0.2) is 31.0 Å². The Balaban J connectivity index is 1.43. The molecule has 128 valence electrons. The first-order valence-electron chi connectivity index (χ1n) is 8.18. The third-order valence-electron chi connectivity index (χ3n) is 4.47. The predicted octanol–water partition coefficient (Wildman–Crippen LogP) is 1.01. The smallest absolute Gasteiger partial charge is 0.229 e. The van der Waals surface area contributed by atoms with Crippen LogP contribution in [0.3, 0.4) is 0 Å². The van der Waals surface area contributed by atoms with Crippen LogP contribution in [0, 0.1) is 5.92 Å². The minimum absolute atomic E-state index is 0.0277. The van der Waals surface area contributed by atoms with Crippen LogP contribution in [0.25, 0.3) is 11.0 Å². The van der Waals surface area contributed by atoms with Crippen LogP contribution in [-0.2, 0) is 11.8 Å². The molecule has 0 atom stereocenters. The van der Waals surface area contributed by atoms with Crippen LogP contribution in [-0.4, -0.2) is 48.7 Å². The molecule has 9 heteroatoms. The van der Waals surface area contributed by atoms with Gasteiger partial charge in [-0.3, -0.25) is 14.8 Å². The van der Waals surface area contributed by atoms with Crippen molar-refractivity contribution in [3.05, 3.63) is 31.0 Å². The molecule has 4 heterocycles. The van der Waals surface area contributed by atoms with Gasteiger partial charge in [0, 0.05) is 38.4 Å². The molecule has 0 spiro atoms. The maximum absolute atomic E-state index is 12.4. The van der Waals surface area contributed by atoms with Gasteiger partial charge in [-0.2, -0.15) is 5.10 Å². The van der Waals surface area contributed by atoms with Gasteiger partial charge in [-0.05, 0) is 18.9 Å². The lowest BCUT2D eigenvalue weighted by Crippen LogP contribution is -2.38. The Morgan fingerprint density at radius 1 is 1.16 bits per heavy atom. The van der Waals surface area contributed by atoms with Gasteiger partial charge in [0.1, 0.15) is 12.1 Å². The highest BCUT2D eigenvalue weighted by atomic mass is 16.2. The highest BCUT2D eigenvalue weighted by molar-refractivity contribution is 5.91. The molecule has 25 heavy (non-hydrogen) atoms. The number of carbonyl (C=O) groups excluding carboxylic acids is 1. The van der Waals surface area contributed by atoms with Crippen molar-refractivity contribution < 1.29 is 4.79 Å². The normalized spacial score (nSPS) is 15.5. The molecule has 4 rings (SSSR count). The predicted molar refractivity (Wildman–Crippen MR) is 91.9 cm³/mol. The number of fused-ring (bicyclic) bond motifs is 1. The van der Waals surface area contributed by atoms with Crippen molar-refractivity contribution in [2.75, 3.05) is 23.3 Å². The van der Waals surface area contributed by atoms with Crippen molar-refractivity contribution in [2.24, 2.45) is 13.0 Å². The molecule has 1 N–H and O–H groups in total. The standard InChI is InChI=1S/C16H18N8O/c1-23-13-12(9-21-23)14(20-10-19-13)24-7-3-11(4-8-24)15(25)22-16-17-5-2-6-18-16/h2,5-6,9-11H,3-4,7-8H2,1H3,(H,17,18,22,25). The molecule has 3 aromatic rings. The number of nitrogens with zero attached hydrogens (tertiary/aromatic N) is 7. The maximum atomic E-state index is 12.4. The summed E-state index contributed by atoms with van der Waals surface area (Å²) in [6, 6.07) is 1.72. The second-order valence-electron chi connectivity index (χ2n) is 6.03. The lowest BCUT2D eigenvalue weighted by molar-refractivity contribution is -0.120. The second-order valence-corrected chi connectivity index (χ2v) is 6.03. The fourth-order valence-electron chi connectivity index (χ4n) is 3.13. The second kappa shape index (κ2) is 6.42. The Bertz CT molecular complexity index is 886. The summed E-state index contributed by atoms with van der Waals surface area (Å²) in [5.41, 5.74) is 0.811. The Labute approximate surface area is 144 Å². The summed E-state index contributed by atoms with van der Waals surface area (Å²) in [5.74, 6) is 1.15. The van der Waals surface area contributed by atoms with Gasteiger partial charge < -0.3 is 4.90 Å². The summed E-state index contributed by atoms with van der Waals surface area (Å²) >= 11 is 0. The average molecular weight is 338 g/mol. The fraction of sp³-hybridized carbons (Fsp3) is 0.375. The van der Waals surface area contributed by atoms with E-state index in [1.165, 1.54) is 0 Å². The van der Waals surface area contributed by atoms with Gasteiger partial charge in [-0.25, -0.2) is 19.9 Å². The maximum Gasteiger partial charge on any atom is 0.229 e. The number of anilines is 2. The zero-order chi connectivity index (χ0) is 17.2. The Kier molecular flexibility index (Phi) is 3.96. The van der Waals surface area contributed by atoms with E-state index >= 15 is 0 Å². The van der Waals surface area contributed by atoms with Gasteiger partial charge in [-0.15, -0.1) is 0 Å². The van der Waals surface area contributed by atoms with E-state index < -0.39 is 0 Å². The van der Waals surface area contributed by atoms with E-state index in [1.807, 2.05) is 7.05 Å². The van der Waals surface area contributed by atoms with Crippen molar-refractivity contribution in [1.29, 1.82) is 0 Å². The van der Waals surface area contributed by atoms with E-state index in [-0.39, 0.29) is 11.8 Å². The molecule has 3 aromatic heterocycles. The van der Waals surface area contributed by atoms with Crippen LogP contribution in [0.4, 0.5) is 11.8 Å². The van der Waals surface area contributed by atoms with Gasteiger partial charge >= 0.3 is 0 Å². The highest BCUT2D eigenvalue weighted by Gasteiger charge is 2.27. The quantitative estimate of drug-likeness (QED) is 0.760. The number of aryl methyl sites for hydroxylation is 1. The molecule has 1 saturated heterocycles. The molecule has 9 nitrogen and oxygen atoms in total. The summed E-state index contributed by atoms with van der Waals surface area (Å²) in [4.78, 5) is 31.3. The third kappa shape index (κ3) is 3.00. The molecule has 0 unspecified atom stereocenters. The van der Waals surface area contributed by atoms with Gasteiger partial charge in [0.2, 0.25) is 11.9 Å². The van der Waals surface area contributed by atoms with Crippen LogP contribution in [0.1, 0.15) is 12.8 Å². The van der Waals surface area contributed by atoms with E-state index in [4.69, 9.17) is 0 Å². The summed E-state index contributed by atoms with van der Waals surface area (Å²) in [6.07, 6.45) is 8.08. The molecule has 0 aliphatic carbocycles. The highest BCUT2D eigenvalue weighted by Crippen LogP contribution is 2.27. The minimum Gasteiger partial charge on any atom is -0.356 e. The monoisotopic (exact) mass is 338 g/mol. The number of hydrogen-bond donors (Lipinski definition) is 1. The molecule has 1 aliphatic heterocycles. The van der Waals surface area contributed by atoms with Gasteiger partial charge in [0.25, 0.3) is 0 Å². The summed E-state index contributed by atoms with van der Waals surface area (Å²) in [5, 5.41) is 7.97. The first-order chi connectivity index (χ1) is 12.2. The molecule has 1 aliphatic rings. The number of nitrogens with one attached hydrogen (secondary N) is 1. The van der Waals surface area contributed by atoms with Crippen molar-refractivity contribution in [3.8, 4) is 0 Å². The van der Waals surface area contributed by atoms with Gasteiger partial charge in [0.15, 0.2) is 5.65 Å². The van der Waals surface area contributed by atoms with Crippen LogP contribution in [0.2, 0.25) is 0 Å². The van der Waals surface area contributed by atoms with Crippen LogP contribution in [0.5, 0.6) is 0 Å². The topological polar surface area (TPSA) is 102 Å². The first-order valence-corrected chi connectivity index (χ1v) is 8.18. The number of carbonyl (C=O) groups is 1. The molecule has 0 radical (unpaired) electrons. The molecule has 0 aromatic carbocycles. The van der Waals surface area contributed by atoms with Crippen LogP contribution < -0.4 is 10.2 Å². The average Bonchev–Trinajstić information content (AvgIpc) is 3.04. The number of amides is 1. The summed E-state index contributed by atoms with van der Waals surface area (Å²) in [7, 11) is 1.86. The Morgan fingerprint density at radius 2 is 1.92 bits per heavy atom. The molecular weight excluding hydrogens is 320 g/mol. The zero-order valence-electron chi connectivity index (χ0n) is 13.8.